The smallest absolute Gasteiger partial charge is 0.225 e. The fraction of sp³-hybridized carbons (Fsp3) is 0.733. The lowest BCUT2D eigenvalue weighted by Gasteiger charge is -2.59. The summed E-state index contributed by atoms with van der Waals surface area (Å²) >= 11 is 0. The first-order valence-corrected chi connectivity index (χ1v) is 7.24. The van der Waals surface area contributed by atoms with Gasteiger partial charge in [-0.3, -0.25) is 0 Å². The lowest BCUT2D eigenvalue weighted by Crippen LogP contribution is -2.62. The first-order valence-electron chi connectivity index (χ1n) is 7.24. The molecule has 0 radical (unpaired) electrons. The first kappa shape index (κ1) is 13.3. The van der Waals surface area contributed by atoms with E-state index in [1.165, 1.54) is 32.4 Å². The summed E-state index contributed by atoms with van der Waals surface area (Å²) in [5.41, 5.74) is 1.77. The molecular weight excluding hydrogens is 222 g/mol. The molecule has 2 fully saturated rings. The van der Waals surface area contributed by atoms with Crippen LogP contribution in [-0.2, 0) is 0 Å². The predicted octanol–water partition coefficient (Wildman–Crippen LogP) is 3.44. The van der Waals surface area contributed by atoms with Crippen LogP contribution in [0.3, 0.4) is 0 Å². The molecule has 3 heteroatoms. The molecule has 2 heterocycles. The standard InChI is InChI=1S/C13H19N3.C2H6/c1-3-11-4-13(5-11)8-16(9-13)12-14-6-10(2)7-15-12;1-2/h6-7,11H,3-5,8-9H2,1-2H3;1-2H3. The molecule has 0 amide bonds. The third-order valence-electron chi connectivity index (χ3n) is 4.12. The largest absolute Gasteiger partial charge is 0.340 e. The Labute approximate surface area is 111 Å². The van der Waals surface area contributed by atoms with Gasteiger partial charge in [-0.2, -0.15) is 0 Å². The normalized spacial score (nSPS) is 20.8. The monoisotopic (exact) mass is 247 g/mol. The van der Waals surface area contributed by atoms with Gasteiger partial charge in [0.25, 0.3) is 0 Å². The van der Waals surface area contributed by atoms with Crippen molar-refractivity contribution in [2.24, 2.45) is 11.3 Å². The van der Waals surface area contributed by atoms with Gasteiger partial charge in [-0.05, 0) is 31.2 Å². The van der Waals surface area contributed by atoms with E-state index in [2.05, 4.69) is 21.8 Å². The van der Waals surface area contributed by atoms with E-state index >= 15 is 0 Å². The molecule has 0 unspecified atom stereocenters. The van der Waals surface area contributed by atoms with Gasteiger partial charge in [0.05, 0.1) is 0 Å². The zero-order chi connectivity index (χ0) is 13.2. The number of rotatable bonds is 2. The molecule has 1 saturated heterocycles. The third kappa shape index (κ3) is 2.36. The topological polar surface area (TPSA) is 29.0 Å². The summed E-state index contributed by atoms with van der Waals surface area (Å²) in [6.45, 7) is 10.7. The molecule has 100 valence electrons. The van der Waals surface area contributed by atoms with Crippen molar-refractivity contribution in [1.82, 2.24) is 9.97 Å². The first-order chi connectivity index (χ1) is 8.71. The van der Waals surface area contributed by atoms with Crippen LogP contribution in [-0.4, -0.2) is 23.1 Å². The van der Waals surface area contributed by atoms with Crippen LogP contribution in [0.1, 0.15) is 45.6 Å². The number of hydrogen-bond acceptors (Lipinski definition) is 3. The molecular formula is C15H25N3. The second kappa shape index (κ2) is 5.25. The molecule has 1 aliphatic heterocycles. The minimum atomic E-state index is 0.634. The number of aromatic nitrogens is 2. The minimum absolute atomic E-state index is 0.634. The number of anilines is 1. The van der Waals surface area contributed by atoms with Crippen molar-refractivity contribution in [2.45, 2.75) is 47.0 Å². The molecule has 18 heavy (non-hydrogen) atoms. The van der Waals surface area contributed by atoms with Gasteiger partial charge in [-0.25, -0.2) is 9.97 Å². The summed E-state index contributed by atoms with van der Waals surface area (Å²) in [6.07, 6.45) is 8.01. The van der Waals surface area contributed by atoms with E-state index in [9.17, 15) is 0 Å². The van der Waals surface area contributed by atoms with Crippen LogP contribution in [0, 0.1) is 18.3 Å². The van der Waals surface area contributed by atoms with E-state index in [1.807, 2.05) is 33.2 Å². The quantitative estimate of drug-likeness (QED) is 0.801. The molecule has 3 rings (SSSR count). The minimum Gasteiger partial charge on any atom is -0.340 e. The highest BCUT2D eigenvalue weighted by atomic mass is 15.3. The molecule has 0 bridgehead atoms. The van der Waals surface area contributed by atoms with Gasteiger partial charge in [0.2, 0.25) is 5.95 Å². The van der Waals surface area contributed by atoms with Crippen LogP contribution >= 0.6 is 0 Å². The van der Waals surface area contributed by atoms with E-state index in [4.69, 9.17) is 0 Å². The molecule has 1 aromatic heterocycles. The zero-order valence-corrected chi connectivity index (χ0v) is 12.1. The van der Waals surface area contributed by atoms with E-state index in [0.29, 0.717) is 5.41 Å². The van der Waals surface area contributed by atoms with Crippen molar-refractivity contribution in [2.75, 3.05) is 18.0 Å². The average Bonchev–Trinajstić information content (AvgIpc) is 2.31. The SMILES string of the molecule is CC.CCC1CC2(C1)CN(c1ncc(C)cn1)C2. The Morgan fingerprint density at radius 1 is 1.22 bits per heavy atom. The number of aryl methyl sites for hydroxylation is 1. The van der Waals surface area contributed by atoms with E-state index in [1.54, 1.807) is 0 Å². The molecule has 1 spiro atoms. The van der Waals surface area contributed by atoms with Crippen molar-refractivity contribution in [1.29, 1.82) is 0 Å². The van der Waals surface area contributed by atoms with Crippen molar-refractivity contribution < 1.29 is 0 Å². The van der Waals surface area contributed by atoms with Crippen molar-refractivity contribution in [3.8, 4) is 0 Å². The summed E-state index contributed by atoms with van der Waals surface area (Å²) in [5.74, 6) is 1.90. The zero-order valence-electron chi connectivity index (χ0n) is 12.1. The van der Waals surface area contributed by atoms with Crippen molar-refractivity contribution in [3.05, 3.63) is 18.0 Å². The summed E-state index contributed by atoms with van der Waals surface area (Å²) in [4.78, 5) is 11.1. The lowest BCUT2D eigenvalue weighted by atomic mass is 9.57. The second-order valence-electron chi connectivity index (χ2n) is 5.60. The Morgan fingerprint density at radius 3 is 2.28 bits per heavy atom. The van der Waals surface area contributed by atoms with E-state index in [0.717, 1.165) is 17.4 Å². The third-order valence-corrected chi connectivity index (χ3v) is 4.12. The summed E-state index contributed by atoms with van der Waals surface area (Å²) in [5, 5.41) is 0. The van der Waals surface area contributed by atoms with E-state index < -0.39 is 0 Å². The van der Waals surface area contributed by atoms with Crippen LogP contribution < -0.4 is 4.90 Å². The summed E-state index contributed by atoms with van der Waals surface area (Å²) in [6, 6.07) is 0. The van der Waals surface area contributed by atoms with Gasteiger partial charge in [0.1, 0.15) is 0 Å². The highest BCUT2D eigenvalue weighted by Gasteiger charge is 2.52. The number of nitrogens with zero attached hydrogens (tertiary/aromatic N) is 3. The summed E-state index contributed by atoms with van der Waals surface area (Å²) in [7, 11) is 0. The molecule has 2 aliphatic rings. The van der Waals surface area contributed by atoms with Crippen molar-refractivity contribution >= 4 is 5.95 Å². The van der Waals surface area contributed by atoms with Crippen LogP contribution in [0.5, 0.6) is 0 Å². The van der Waals surface area contributed by atoms with Crippen LogP contribution in [0.15, 0.2) is 12.4 Å². The van der Waals surface area contributed by atoms with Crippen molar-refractivity contribution in [3.63, 3.8) is 0 Å². The van der Waals surface area contributed by atoms with Gasteiger partial charge < -0.3 is 4.90 Å². The Balaban J connectivity index is 0.000000574. The van der Waals surface area contributed by atoms with Gasteiger partial charge in [0.15, 0.2) is 0 Å². The number of hydrogen-bond donors (Lipinski definition) is 0. The van der Waals surface area contributed by atoms with Crippen LogP contribution in [0.2, 0.25) is 0 Å². The average molecular weight is 247 g/mol. The lowest BCUT2D eigenvalue weighted by molar-refractivity contribution is 0.0208. The second-order valence-corrected chi connectivity index (χ2v) is 5.60. The molecule has 1 saturated carbocycles. The fourth-order valence-electron chi connectivity index (χ4n) is 3.17. The predicted molar refractivity (Wildman–Crippen MR) is 75.8 cm³/mol. The molecule has 0 N–H and O–H groups in total. The highest BCUT2D eigenvalue weighted by Crippen LogP contribution is 2.53. The summed E-state index contributed by atoms with van der Waals surface area (Å²) < 4.78 is 0. The Morgan fingerprint density at radius 2 is 1.78 bits per heavy atom. The van der Waals surface area contributed by atoms with Gasteiger partial charge in [-0.15, -0.1) is 0 Å². The van der Waals surface area contributed by atoms with Gasteiger partial charge in [-0.1, -0.05) is 27.2 Å². The van der Waals surface area contributed by atoms with Gasteiger partial charge in [0, 0.05) is 30.9 Å². The molecule has 1 aliphatic carbocycles. The van der Waals surface area contributed by atoms with E-state index in [-0.39, 0.29) is 0 Å². The Kier molecular flexibility index (Phi) is 3.88. The Hall–Kier alpha value is -1.12. The maximum atomic E-state index is 4.38. The Bertz CT molecular complexity index is 371. The van der Waals surface area contributed by atoms with Crippen LogP contribution in [0.4, 0.5) is 5.95 Å². The van der Waals surface area contributed by atoms with Gasteiger partial charge >= 0.3 is 0 Å². The molecule has 0 atom stereocenters. The maximum Gasteiger partial charge on any atom is 0.225 e. The fourth-order valence-corrected chi connectivity index (χ4v) is 3.17. The highest BCUT2D eigenvalue weighted by molar-refractivity contribution is 5.37. The molecule has 1 aromatic rings. The van der Waals surface area contributed by atoms with Crippen LogP contribution in [0.25, 0.3) is 0 Å². The molecule has 3 nitrogen and oxygen atoms in total. The maximum absolute atomic E-state index is 4.38. The molecule has 0 aromatic carbocycles.